The number of benzene rings is 3. The number of carbonyl (C=O) groups excluding carboxylic acids is 1. The number of anilines is 1. The van der Waals surface area contributed by atoms with Crippen molar-refractivity contribution < 1.29 is 9.53 Å². The molecule has 0 aromatic heterocycles. The first-order valence-electron chi connectivity index (χ1n) is 11.4. The second-order valence-corrected chi connectivity index (χ2v) is 8.88. The number of unbranched alkanes of at least 4 members (excludes halogenated alkanes) is 1. The Hall–Kier alpha value is -3.11. The zero-order valence-electron chi connectivity index (χ0n) is 19.1. The van der Waals surface area contributed by atoms with Gasteiger partial charge in [0.15, 0.2) is 0 Å². The summed E-state index contributed by atoms with van der Waals surface area (Å²) in [6.45, 7) is 4.76. The smallest absolute Gasteiger partial charge is 0.262 e. The van der Waals surface area contributed by atoms with Gasteiger partial charge in [0.25, 0.3) is 5.91 Å². The second kappa shape index (κ2) is 10.7. The molecule has 3 aromatic carbocycles. The number of hydrogen-bond donors (Lipinski definition) is 0. The van der Waals surface area contributed by atoms with Gasteiger partial charge in [-0.2, -0.15) is 0 Å². The number of nitrogens with zero attached hydrogens (tertiary/aromatic N) is 1. The Labute approximate surface area is 204 Å². The quantitative estimate of drug-likeness (QED) is 0.296. The average Bonchev–Trinajstić information content (AvgIpc) is 3.16. The zero-order chi connectivity index (χ0) is 23.2. The molecular formula is C29H28BrNO2. The molecule has 1 amide bonds. The Morgan fingerprint density at radius 2 is 1.73 bits per heavy atom. The first kappa shape index (κ1) is 23.1. The van der Waals surface area contributed by atoms with Gasteiger partial charge in [-0.05, 0) is 88.8 Å². The molecule has 0 aliphatic carbocycles. The summed E-state index contributed by atoms with van der Waals surface area (Å²) in [7, 11) is 0. The molecule has 0 spiro atoms. The molecule has 33 heavy (non-hydrogen) atoms. The van der Waals surface area contributed by atoms with Gasteiger partial charge in [0.1, 0.15) is 5.75 Å². The number of ether oxygens (including phenoxy) is 1. The minimum atomic E-state index is -0.0276. The summed E-state index contributed by atoms with van der Waals surface area (Å²) < 4.78 is 6.48. The van der Waals surface area contributed by atoms with Gasteiger partial charge in [-0.3, -0.25) is 9.69 Å². The van der Waals surface area contributed by atoms with Crippen LogP contribution in [0.2, 0.25) is 0 Å². The van der Waals surface area contributed by atoms with Crippen LogP contribution in [0.15, 0.2) is 88.9 Å². The van der Waals surface area contributed by atoms with Gasteiger partial charge < -0.3 is 4.74 Å². The van der Waals surface area contributed by atoms with Crippen molar-refractivity contribution in [3.8, 4) is 5.75 Å². The summed E-state index contributed by atoms with van der Waals surface area (Å²) in [6, 6.07) is 24.3. The molecule has 0 N–H and O–H groups in total. The van der Waals surface area contributed by atoms with E-state index >= 15 is 0 Å². The van der Waals surface area contributed by atoms with Crippen molar-refractivity contribution in [2.45, 2.75) is 33.1 Å². The van der Waals surface area contributed by atoms with Crippen molar-refractivity contribution in [3.63, 3.8) is 0 Å². The van der Waals surface area contributed by atoms with E-state index in [0.29, 0.717) is 12.2 Å². The van der Waals surface area contributed by atoms with Crippen LogP contribution >= 0.6 is 15.9 Å². The van der Waals surface area contributed by atoms with E-state index in [9.17, 15) is 4.79 Å². The van der Waals surface area contributed by atoms with Crippen LogP contribution in [0.1, 0.15) is 43.4 Å². The molecule has 0 radical (unpaired) electrons. The Morgan fingerprint density at radius 1 is 0.970 bits per heavy atom. The number of rotatable bonds is 8. The van der Waals surface area contributed by atoms with Crippen LogP contribution in [-0.2, 0) is 11.2 Å². The molecule has 3 aromatic rings. The molecule has 4 heteroatoms. The lowest BCUT2D eigenvalue weighted by molar-refractivity contribution is -0.113. The molecule has 0 saturated heterocycles. The zero-order valence-corrected chi connectivity index (χ0v) is 20.6. The van der Waals surface area contributed by atoms with Crippen molar-refractivity contribution in [1.29, 1.82) is 0 Å². The molecule has 0 fully saturated rings. The Kier molecular flexibility index (Phi) is 7.46. The summed E-state index contributed by atoms with van der Waals surface area (Å²) in [4.78, 5) is 15.4. The highest BCUT2D eigenvalue weighted by molar-refractivity contribution is 9.10. The largest absolute Gasteiger partial charge is 0.493 e. The van der Waals surface area contributed by atoms with Crippen LogP contribution in [-0.4, -0.2) is 12.5 Å². The predicted octanol–water partition coefficient (Wildman–Crippen LogP) is 7.66. The topological polar surface area (TPSA) is 29.5 Å². The van der Waals surface area contributed by atoms with Gasteiger partial charge in [0.05, 0.1) is 16.8 Å². The number of amides is 1. The van der Waals surface area contributed by atoms with E-state index in [1.165, 1.54) is 18.4 Å². The predicted molar refractivity (Wildman–Crippen MR) is 140 cm³/mol. The maximum absolute atomic E-state index is 13.6. The van der Waals surface area contributed by atoms with Gasteiger partial charge in [-0.1, -0.05) is 61.9 Å². The van der Waals surface area contributed by atoms with E-state index in [1.54, 1.807) is 0 Å². The van der Waals surface area contributed by atoms with E-state index in [1.807, 2.05) is 72.5 Å². The van der Waals surface area contributed by atoms with Gasteiger partial charge in [-0.25, -0.2) is 0 Å². The fourth-order valence-electron chi connectivity index (χ4n) is 3.94. The van der Waals surface area contributed by atoms with Crippen molar-refractivity contribution in [2.24, 2.45) is 0 Å². The van der Waals surface area contributed by atoms with Crippen LogP contribution < -0.4 is 9.64 Å². The summed E-state index contributed by atoms with van der Waals surface area (Å²) in [5, 5.41) is 0. The van der Waals surface area contributed by atoms with Crippen LogP contribution in [0.25, 0.3) is 11.8 Å². The van der Waals surface area contributed by atoms with E-state index in [4.69, 9.17) is 4.74 Å². The van der Waals surface area contributed by atoms with Crippen LogP contribution in [0.3, 0.4) is 0 Å². The monoisotopic (exact) mass is 501 g/mol. The van der Waals surface area contributed by atoms with E-state index in [0.717, 1.165) is 39.2 Å². The number of aryl methyl sites for hydroxylation is 1. The summed E-state index contributed by atoms with van der Waals surface area (Å²) in [6.07, 6.45) is 7.31. The highest BCUT2D eigenvalue weighted by Crippen LogP contribution is 2.36. The molecule has 0 saturated carbocycles. The fourth-order valence-corrected chi connectivity index (χ4v) is 4.46. The number of carbonyl (C=O) groups is 1. The third kappa shape index (κ3) is 5.28. The maximum Gasteiger partial charge on any atom is 0.262 e. The highest BCUT2D eigenvalue weighted by Gasteiger charge is 2.30. The first-order chi connectivity index (χ1) is 16.1. The second-order valence-electron chi connectivity index (χ2n) is 8.03. The Bertz CT molecular complexity index is 1180. The standard InChI is InChI=1S/C29H28BrNO2/c1-3-5-9-21-12-15-25(16-13-21)31-27(23-10-7-6-8-11-23)20-24(29(31)32)18-22-14-17-28(33-4-2)26(30)19-22/h6-8,10-20H,3-5,9H2,1-2H3/b24-18+. The normalized spacial score (nSPS) is 14.6. The Morgan fingerprint density at radius 3 is 2.39 bits per heavy atom. The Balaban J connectivity index is 1.70. The third-order valence-corrected chi connectivity index (χ3v) is 6.26. The van der Waals surface area contributed by atoms with Gasteiger partial charge in [0.2, 0.25) is 0 Å². The molecular weight excluding hydrogens is 474 g/mol. The lowest BCUT2D eigenvalue weighted by atomic mass is 10.1. The van der Waals surface area contributed by atoms with Crippen LogP contribution in [0.4, 0.5) is 5.69 Å². The van der Waals surface area contributed by atoms with Crippen molar-refractivity contribution in [1.82, 2.24) is 0 Å². The van der Waals surface area contributed by atoms with Gasteiger partial charge in [0, 0.05) is 11.3 Å². The maximum atomic E-state index is 13.6. The highest BCUT2D eigenvalue weighted by atomic mass is 79.9. The van der Waals surface area contributed by atoms with Crippen LogP contribution in [0.5, 0.6) is 5.75 Å². The van der Waals surface area contributed by atoms with E-state index in [2.05, 4.69) is 47.1 Å². The number of hydrogen-bond acceptors (Lipinski definition) is 2. The van der Waals surface area contributed by atoms with Gasteiger partial charge >= 0.3 is 0 Å². The SMILES string of the molecule is CCCCc1ccc(N2C(=O)/C(=C/c3ccc(OCC)c(Br)c3)C=C2c2ccccc2)cc1. The van der Waals surface area contributed by atoms with E-state index < -0.39 is 0 Å². The van der Waals surface area contributed by atoms with Crippen LogP contribution in [0, 0.1) is 0 Å². The fraction of sp³-hybridized carbons (Fsp3) is 0.207. The lowest BCUT2D eigenvalue weighted by Gasteiger charge is -2.21. The van der Waals surface area contributed by atoms with Gasteiger partial charge in [-0.15, -0.1) is 0 Å². The molecule has 0 unspecified atom stereocenters. The molecule has 1 aliphatic rings. The molecule has 168 valence electrons. The third-order valence-electron chi connectivity index (χ3n) is 5.64. The molecule has 1 aliphatic heterocycles. The van der Waals surface area contributed by atoms with Crippen molar-refractivity contribution >= 4 is 39.3 Å². The lowest BCUT2D eigenvalue weighted by Crippen LogP contribution is -2.24. The number of halogens is 1. The molecule has 1 heterocycles. The minimum Gasteiger partial charge on any atom is -0.493 e. The summed E-state index contributed by atoms with van der Waals surface area (Å²) in [5.74, 6) is 0.767. The van der Waals surface area contributed by atoms with E-state index in [-0.39, 0.29) is 5.91 Å². The van der Waals surface area contributed by atoms with Crippen molar-refractivity contribution in [3.05, 3.63) is 106 Å². The molecule has 0 bridgehead atoms. The summed E-state index contributed by atoms with van der Waals surface area (Å²) >= 11 is 3.57. The minimum absolute atomic E-state index is 0.0276. The molecule has 4 rings (SSSR count). The molecule has 0 atom stereocenters. The first-order valence-corrected chi connectivity index (χ1v) is 12.2. The average molecular weight is 502 g/mol. The molecule has 3 nitrogen and oxygen atoms in total. The summed E-state index contributed by atoms with van der Waals surface area (Å²) in [5.41, 5.74) is 5.67. The van der Waals surface area contributed by atoms with Crippen molar-refractivity contribution in [2.75, 3.05) is 11.5 Å².